The normalized spacial score (nSPS) is 17.6. The van der Waals surface area contributed by atoms with Gasteiger partial charge in [-0.25, -0.2) is 0 Å². The number of rotatable bonds is 13. The lowest BCUT2D eigenvalue weighted by molar-refractivity contribution is -0.00442. The molecule has 2 fully saturated rings. The van der Waals surface area contributed by atoms with Gasteiger partial charge in [-0.15, -0.1) is 0 Å². The fraction of sp³-hybridized carbons (Fsp3) is 0.611. The second kappa shape index (κ2) is 13.6. The Morgan fingerprint density at radius 3 is 1.51 bits per heavy atom. The number of aryl methyl sites for hydroxylation is 1. The second-order valence-corrected chi connectivity index (χ2v) is 13.4. The van der Waals surface area contributed by atoms with Gasteiger partial charge in [-0.3, -0.25) is 19.4 Å². The van der Waals surface area contributed by atoms with Gasteiger partial charge >= 0.3 is 0 Å². The minimum absolute atomic E-state index is 0.119. The first kappa shape index (κ1) is 31.8. The summed E-state index contributed by atoms with van der Waals surface area (Å²) in [7, 11) is 0. The molecule has 0 saturated carbocycles. The Balaban J connectivity index is 1.52. The van der Waals surface area contributed by atoms with Crippen LogP contribution >= 0.6 is 0 Å². The lowest BCUT2D eigenvalue weighted by Crippen LogP contribution is -2.54. The number of fused-ring (bicyclic) bond motifs is 3. The molecular weight excluding hydrogens is 538 g/mol. The highest BCUT2D eigenvalue weighted by Crippen LogP contribution is 2.34. The minimum Gasteiger partial charge on any atom is -0.379 e. The zero-order chi connectivity index (χ0) is 30.6. The Morgan fingerprint density at radius 2 is 1.07 bits per heavy atom. The van der Waals surface area contributed by atoms with Crippen LogP contribution in [0.2, 0.25) is 0 Å². The average molecular weight is 590 g/mol. The number of morpholine rings is 2. The Bertz CT molecular complexity index is 1330. The van der Waals surface area contributed by atoms with Crippen LogP contribution in [0.3, 0.4) is 0 Å². The number of unbranched alkanes of at least 4 members (excludes halogenated alkanes) is 5. The average Bonchev–Trinajstić information content (AvgIpc) is 3.34. The van der Waals surface area contributed by atoms with Gasteiger partial charge < -0.3 is 14.0 Å². The van der Waals surface area contributed by atoms with E-state index >= 15 is 0 Å². The number of hydrogen-bond donors (Lipinski definition) is 0. The molecule has 2 aliphatic rings. The van der Waals surface area contributed by atoms with Gasteiger partial charge in [0.1, 0.15) is 0 Å². The van der Waals surface area contributed by atoms with Gasteiger partial charge in [0.05, 0.1) is 37.5 Å². The molecule has 0 bridgehead atoms. The molecule has 0 N–H and O–H groups in total. The number of ether oxygens (including phenoxy) is 2. The van der Waals surface area contributed by atoms with Crippen LogP contribution in [0, 0.1) is 0 Å². The highest BCUT2D eigenvalue weighted by atomic mass is 16.5. The Morgan fingerprint density at radius 1 is 0.651 bits per heavy atom. The van der Waals surface area contributed by atoms with Crippen molar-refractivity contribution in [2.75, 3.05) is 52.6 Å². The van der Waals surface area contributed by atoms with Crippen molar-refractivity contribution < 1.29 is 19.1 Å². The molecule has 2 saturated heterocycles. The highest BCUT2D eigenvalue weighted by Gasteiger charge is 2.37. The predicted octanol–water partition coefficient (Wildman–Crippen LogP) is 6.74. The molecule has 7 nitrogen and oxygen atoms in total. The number of carbonyl (C=O) groups excluding carboxylic acids is 2. The number of ketones is 2. The van der Waals surface area contributed by atoms with Crippen LogP contribution < -0.4 is 0 Å². The molecule has 0 aliphatic carbocycles. The van der Waals surface area contributed by atoms with Gasteiger partial charge in [-0.2, -0.15) is 0 Å². The van der Waals surface area contributed by atoms with Crippen molar-refractivity contribution in [1.82, 2.24) is 14.4 Å². The van der Waals surface area contributed by atoms with Crippen LogP contribution in [-0.2, 0) is 16.0 Å². The van der Waals surface area contributed by atoms with Crippen LogP contribution in [0.5, 0.6) is 0 Å². The molecule has 0 radical (unpaired) electrons. The molecule has 3 heterocycles. The molecule has 2 aromatic carbocycles. The summed E-state index contributed by atoms with van der Waals surface area (Å²) in [5.74, 6) is 0.239. The van der Waals surface area contributed by atoms with Crippen LogP contribution in [0.25, 0.3) is 21.8 Å². The molecule has 234 valence electrons. The largest absolute Gasteiger partial charge is 0.379 e. The summed E-state index contributed by atoms with van der Waals surface area (Å²) in [6.45, 7) is 16.9. The lowest BCUT2D eigenvalue weighted by atomic mass is 9.89. The van der Waals surface area contributed by atoms with Crippen molar-refractivity contribution in [2.45, 2.75) is 90.8 Å². The first-order chi connectivity index (χ1) is 20.7. The fourth-order valence-electron chi connectivity index (χ4n) is 6.92. The lowest BCUT2D eigenvalue weighted by Gasteiger charge is -2.39. The molecule has 7 heteroatoms. The van der Waals surface area contributed by atoms with Crippen molar-refractivity contribution in [3.63, 3.8) is 0 Å². The fourth-order valence-corrected chi connectivity index (χ4v) is 6.92. The number of nitrogens with zero attached hydrogens (tertiary/aromatic N) is 3. The van der Waals surface area contributed by atoms with Gasteiger partial charge in [0, 0.05) is 65.7 Å². The smallest absolute Gasteiger partial charge is 0.182 e. The van der Waals surface area contributed by atoms with Gasteiger partial charge in [-0.05, 0) is 70.5 Å². The molecule has 1 aromatic heterocycles. The van der Waals surface area contributed by atoms with E-state index in [2.05, 4.69) is 45.6 Å². The summed E-state index contributed by atoms with van der Waals surface area (Å²) in [4.78, 5) is 32.4. The zero-order valence-corrected chi connectivity index (χ0v) is 27.0. The van der Waals surface area contributed by atoms with Crippen LogP contribution in [0.4, 0.5) is 0 Å². The number of Topliss-reactive ketones (excluding diaryl/α,β-unsaturated/α-hetero) is 2. The molecule has 0 amide bonds. The third-order valence-corrected chi connectivity index (χ3v) is 9.84. The van der Waals surface area contributed by atoms with E-state index in [4.69, 9.17) is 9.47 Å². The van der Waals surface area contributed by atoms with Crippen molar-refractivity contribution in [1.29, 1.82) is 0 Å². The molecule has 2 aliphatic heterocycles. The number of aromatic nitrogens is 1. The van der Waals surface area contributed by atoms with E-state index in [9.17, 15) is 9.59 Å². The van der Waals surface area contributed by atoms with E-state index in [0.717, 1.165) is 61.0 Å². The Hall–Kier alpha value is -2.58. The second-order valence-electron chi connectivity index (χ2n) is 13.4. The minimum atomic E-state index is -0.627. The van der Waals surface area contributed by atoms with Crippen LogP contribution in [0.15, 0.2) is 36.4 Å². The number of hydrogen-bond acceptors (Lipinski definition) is 6. The zero-order valence-electron chi connectivity index (χ0n) is 27.0. The molecule has 0 spiro atoms. The Labute approximate surface area is 257 Å². The molecule has 0 unspecified atom stereocenters. The summed E-state index contributed by atoms with van der Waals surface area (Å²) in [6, 6.07) is 12.4. The number of benzene rings is 2. The van der Waals surface area contributed by atoms with Gasteiger partial charge in [0.2, 0.25) is 0 Å². The summed E-state index contributed by atoms with van der Waals surface area (Å²) in [6.07, 6.45) is 7.41. The molecule has 43 heavy (non-hydrogen) atoms. The molecule has 3 aromatic rings. The summed E-state index contributed by atoms with van der Waals surface area (Å²) < 4.78 is 13.5. The van der Waals surface area contributed by atoms with Crippen molar-refractivity contribution in [3.05, 3.63) is 47.5 Å². The molecule has 5 rings (SSSR count). The third-order valence-electron chi connectivity index (χ3n) is 9.84. The maximum atomic E-state index is 14.0. The first-order valence-electron chi connectivity index (χ1n) is 16.5. The predicted molar refractivity (Wildman–Crippen MR) is 174 cm³/mol. The van der Waals surface area contributed by atoms with Crippen molar-refractivity contribution in [2.24, 2.45) is 0 Å². The van der Waals surface area contributed by atoms with Gasteiger partial charge in [0.15, 0.2) is 11.6 Å². The van der Waals surface area contributed by atoms with Gasteiger partial charge in [-0.1, -0.05) is 39.0 Å². The van der Waals surface area contributed by atoms with Crippen molar-refractivity contribution in [3.8, 4) is 0 Å². The van der Waals surface area contributed by atoms with Crippen LogP contribution in [0.1, 0.15) is 93.9 Å². The summed E-state index contributed by atoms with van der Waals surface area (Å²) in [5, 5.41) is 2.09. The number of carbonyl (C=O) groups is 2. The molecule has 0 atom stereocenters. The van der Waals surface area contributed by atoms with E-state index in [0.29, 0.717) is 37.6 Å². The summed E-state index contributed by atoms with van der Waals surface area (Å²) >= 11 is 0. The maximum Gasteiger partial charge on any atom is 0.182 e. The van der Waals surface area contributed by atoms with E-state index < -0.39 is 11.1 Å². The van der Waals surface area contributed by atoms with E-state index in [1.807, 2.05) is 39.8 Å². The monoisotopic (exact) mass is 589 g/mol. The van der Waals surface area contributed by atoms with Crippen LogP contribution in [-0.4, -0.2) is 89.6 Å². The quantitative estimate of drug-likeness (QED) is 0.163. The Kier molecular flexibility index (Phi) is 10.1. The van der Waals surface area contributed by atoms with Gasteiger partial charge in [0.25, 0.3) is 0 Å². The van der Waals surface area contributed by atoms with Crippen molar-refractivity contribution >= 4 is 33.4 Å². The molecular formula is C36H51N3O4. The summed E-state index contributed by atoms with van der Waals surface area (Å²) in [5.41, 5.74) is 2.43. The van der Waals surface area contributed by atoms with E-state index in [1.54, 1.807) is 0 Å². The van der Waals surface area contributed by atoms with E-state index in [1.165, 1.54) is 32.1 Å². The third kappa shape index (κ3) is 6.60. The standard InChI is InChI=1S/C36H51N3O4/c1-6-7-8-9-10-11-16-39-31-14-12-27(33(40)35(2,3)37-17-21-42-22-18-37)25-29(31)30-26-28(13-15-32(30)39)34(41)36(4,5)38-19-23-43-24-20-38/h12-15,25-26H,6-11,16-24H2,1-5H3. The first-order valence-corrected chi connectivity index (χ1v) is 16.5. The topological polar surface area (TPSA) is 64.0 Å². The maximum absolute atomic E-state index is 14.0. The SMILES string of the molecule is CCCCCCCCn1c2ccc(C(=O)C(C)(C)N3CCOCC3)cc2c2cc(C(=O)C(C)(C)N3CCOCC3)ccc21. The highest BCUT2D eigenvalue weighted by molar-refractivity contribution is 6.14. The van der Waals surface area contributed by atoms with E-state index in [-0.39, 0.29) is 11.6 Å².